The largest absolute Gasteiger partial charge is 0.481 e. The fourth-order valence-corrected chi connectivity index (χ4v) is 4.17. The lowest BCUT2D eigenvalue weighted by atomic mass is 9.86. The van der Waals surface area contributed by atoms with Crippen molar-refractivity contribution in [1.82, 2.24) is 9.88 Å². The summed E-state index contributed by atoms with van der Waals surface area (Å²) in [7, 11) is 0. The number of likely N-dealkylation sites (tertiary alicyclic amines) is 1. The Kier molecular flexibility index (Phi) is 4.12. The van der Waals surface area contributed by atoms with Crippen molar-refractivity contribution in [1.29, 1.82) is 0 Å². The van der Waals surface area contributed by atoms with Crippen molar-refractivity contribution < 1.29 is 27.9 Å². The second kappa shape index (κ2) is 5.85. The highest BCUT2D eigenvalue weighted by molar-refractivity contribution is 7.20. The number of hydrogen-bond donors (Lipinski definition) is 1. The molecule has 0 saturated carbocycles. The first-order valence-corrected chi connectivity index (χ1v) is 8.59. The third-order valence-electron chi connectivity index (χ3n) is 3.96. The van der Waals surface area contributed by atoms with E-state index in [9.17, 15) is 22.8 Å². The second-order valence-corrected chi connectivity index (χ2v) is 7.18. The minimum atomic E-state index is -4.92. The number of carbonyl (C=O) groups is 2. The van der Waals surface area contributed by atoms with Gasteiger partial charge in [0.25, 0.3) is 5.91 Å². The van der Waals surface area contributed by atoms with E-state index in [2.05, 4.69) is 4.98 Å². The summed E-state index contributed by atoms with van der Waals surface area (Å²) in [5, 5.41) is 13.0. The standard InChI is InChI=1S/C14H11F3N2O3S2/c15-14(16,17)13(12(21)22)3-4-19(7-13)11(20)8-6-24-10(18-8)9-2-1-5-23-9/h1-2,5-6H,3-4,7H2,(H,21,22). The molecule has 1 N–H and O–H groups in total. The molecule has 10 heteroatoms. The summed E-state index contributed by atoms with van der Waals surface area (Å²) in [6.45, 7) is -1.16. The lowest BCUT2D eigenvalue weighted by Crippen LogP contribution is -2.47. The number of thiophene rings is 1. The number of halogens is 3. The molecule has 1 unspecified atom stereocenters. The van der Waals surface area contributed by atoms with E-state index < -0.39 is 36.4 Å². The van der Waals surface area contributed by atoms with Gasteiger partial charge in [-0.05, 0) is 17.9 Å². The zero-order valence-corrected chi connectivity index (χ0v) is 13.7. The first kappa shape index (κ1) is 16.9. The van der Waals surface area contributed by atoms with E-state index in [0.29, 0.717) is 5.01 Å². The summed E-state index contributed by atoms with van der Waals surface area (Å²) in [6, 6.07) is 3.65. The van der Waals surface area contributed by atoms with E-state index in [1.807, 2.05) is 17.5 Å². The first-order valence-electron chi connectivity index (χ1n) is 6.83. The van der Waals surface area contributed by atoms with E-state index in [1.165, 1.54) is 28.1 Å². The Morgan fingerprint density at radius 1 is 1.33 bits per heavy atom. The third kappa shape index (κ3) is 2.69. The fourth-order valence-electron chi connectivity index (χ4n) is 2.56. The van der Waals surface area contributed by atoms with E-state index in [-0.39, 0.29) is 12.2 Å². The minimum absolute atomic E-state index is 0.0340. The summed E-state index contributed by atoms with van der Waals surface area (Å²) in [6.07, 6.45) is -5.57. The number of thiazole rings is 1. The Morgan fingerprint density at radius 3 is 2.62 bits per heavy atom. The van der Waals surface area contributed by atoms with E-state index in [1.54, 1.807) is 0 Å². The van der Waals surface area contributed by atoms with Crippen molar-refractivity contribution in [3.63, 3.8) is 0 Å². The maximum absolute atomic E-state index is 13.2. The molecule has 1 fully saturated rings. The molecule has 2 aromatic heterocycles. The van der Waals surface area contributed by atoms with Crippen LogP contribution < -0.4 is 0 Å². The Hall–Kier alpha value is -1.94. The van der Waals surface area contributed by atoms with Crippen LogP contribution in [0.15, 0.2) is 22.9 Å². The molecule has 3 rings (SSSR count). The maximum Gasteiger partial charge on any atom is 0.406 e. The fraction of sp³-hybridized carbons (Fsp3) is 0.357. The highest BCUT2D eigenvalue weighted by Gasteiger charge is 2.64. The van der Waals surface area contributed by atoms with E-state index in [0.717, 1.165) is 9.78 Å². The number of aliphatic carboxylic acids is 1. The lowest BCUT2D eigenvalue weighted by Gasteiger charge is -2.27. The van der Waals surface area contributed by atoms with Gasteiger partial charge in [0.05, 0.1) is 4.88 Å². The van der Waals surface area contributed by atoms with Crippen LogP contribution in [-0.2, 0) is 4.79 Å². The number of rotatable bonds is 3. The van der Waals surface area contributed by atoms with Gasteiger partial charge >= 0.3 is 12.1 Å². The van der Waals surface area contributed by atoms with Crippen LogP contribution >= 0.6 is 22.7 Å². The second-order valence-electron chi connectivity index (χ2n) is 5.38. The SMILES string of the molecule is O=C(c1csc(-c2cccs2)n1)N1CCC(C(=O)O)(C(F)(F)F)C1. The number of nitrogens with zero attached hydrogens (tertiary/aromatic N) is 2. The van der Waals surface area contributed by atoms with Crippen LogP contribution in [0.4, 0.5) is 13.2 Å². The van der Waals surface area contributed by atoms with Crippen LogP contribution in [-0.4, -0.2) is 46.1 Å². The Morgan fingerprint density at radius 2 is 2.08 bits per heavy atom. The predicted molar refractivity (Wildman–Crippen MR) is 82.1 cm³/mol. The van der Waals surface area contributed by atoms with Crippen LogP contribution in [0.5, 0.6) is 0 Å². The van der Waals surface area contributed by atoms with Crippen molar-refractivity contribution in [3.05, 3.63) is 28.6 Å². The molecule has 5 nitrogen and oxygen atoms in total. The number of hydrogen-bond acceptors (Lipinski definition) is 5. The summed E-state index contributed by atoms with van der Waals surface area (Å²) in [5.41, 5.74) is -2.87. The predicted octanol–water partition coefficient (Wildman–Crippen LogP) is 3.35. The number of carboxylic acids is 1. The molecule has 1 amide bonds. The van der Waals surface area contributed by atoms with Crippen molar-refractivity contribution >= 4 is 34.6 Å². The molecule has 3 heterocycles. The molecular weight excluding hydrogens is 365 g/mol. The van der Waals surface area contributed by atoms with Crippen LogP contribution in [0, 0.1) is 5.41 Å². The molecule has 0 bridgehead atoms. The van der Waals surface area contributed by atoms with Gasteiger partial charge in [-0.1, -0.05) is 6.07 Å². The van der Waals surface area contributed by atoms with Crippen LogP contribution in [0.25, 0.3) is 9.88 Å². The minimum Gasteiger partial charge on any atom is -0.481 e. The van der Waals surface area contributed by atoms with Crippen LogP contribution in [0.1, 0.15) is 16.9 Å². The van der Waals surface area contributed by atoms with Gasteiger partial charge in [-0.3, -0.25) is 9.59 Å². The molecule has 0 aliphatic carbocycles. The number of carboxylic acid groups (broad SMARTS) is 1. The third-order valence-corrected chi connectivity index (χ3v) is 5.85. The Bertz CT molecular complexity index is 773. The molecule has 0 spiro atoms. The molecule has 1 saturated heterocycles. The molecule has 1 aliphatic heterocycles. The molecular formula is C14H11F3N2O3S2. The summed E-state index contributed by atoms with van der Waals surface area (Å²) in [4.78, 5) is 29.5. The number of amides is 1. The van der Waals surface area contributed by atoms with E-state index in [4.69, 9.17) is 5.11 Å². The molecule has 1 aliphatic rings. The molecule has 1 atom stereocenters. The van der Waals surface area contributed by atoms with Gasteiger partial charge in [-0.15, -0.1) is 22.7 Å². The quantitative estimate of drug-likeness (QED) is 0.892. The van der Waals surface area contributed by atoms with E-state index >= 15 is 0 Å². The van der Waals surface area contributed by atoms with Crippen LogP contribution in [0.3, 0.4) is 0 Å². The van der Waals surface area contributed by atoms with Crippen molar-refractivity contribution in [3.8, 4) is 9.88 Å². The van der Waals surface area contributed by atoms with Crippen molar-refractivity contribution in [2.24, 2.45) is 5.41 Å². The van der Waals surface area contributed by atoms with Crippen molar-refractivity contribution in [2.75, 3.05) is 13.1 Å². The highest BCUT2D eigenvalue weighted by Crippen LogP contribution is 2.46. The monoisotopic (exact) mass is 376 g/mol. The summed E-state index contributed by atoms with van der Waals surface area (Å²) < 4.78 is 39.5. The summed E-state index contributed by atoms with van der Waals surface area (Å²) >= 11 is 2.66. The summed E-state index contributed by atoms with van der Waals surface area (Å²) in [5.74, 6) is -2.63. The van der Waals surface area contributed by atoms with Gasteiger partial charge in [0, 0.05) is 18.5 Å². The lowest BCUT2D eigenvalue weighted by molar-refractivity contribution is -0.227. The number of alkyl halides is 3. The molecule has 0 radical (unpaired) electrons. The van der Waals surface area contributed by atoms with Gasteiger partial charge in [0.15, 0.2) is 5.41 Å². The highest BCUT2D eigenvalue weighted by atomic mass is 32.1. The first-order chi connectivity index (χ1) is 11.2. The average molecular weight is 376 g/mol. The van der Waals surface area contributed by atoms with Gasteiger partial charge in [0.2, 0.25) is 0 Å². The zero-order chi connectivity index (χ0) is 17.5. The zero-order valence-electron chi connectivity index (χ0n) is 12.0. The molecule has 128 valence electrons. The molecule has 24 heavy (non-hydrogen) atoms. The average Bonchev–Trinajstić information content (AvgIpc) is 3.24. The normalized spacial score (nSPS) is 21.2. The van der Waals surface area contributed by atoms with Crippen molar-refractivity contribution in [2.45, 2.75) is 12.6 Å². The van der Waals surface area contributed by atoms with Gasteiger partial charge in [0.1, 0.15) is 10.7 Å². The molecule has 0 aromatic carbocycles. The number of carbonyl (C=O) groups excluding carboxylic acids is 1. The maximum atomic E-state index is 13.2. The molecule has 2 aromatic rings. The van der Waals surface area contributed by atoms with Gasteiger partial charge < -0.3 is 10.0 Å². The Balaban J connectivity index is 1.81. The smallest absolute Gasteiger partial charge is 0.406 e. The topological polar surface area (TPSA) is 70.5 Å². The van der Waals surface area contributed by atoms with Gasteiger partial charge in [-0.25, -0.2) is 4.98 Å². The number of aromatic nitrogens is 1. The van der Waals surface area contributed by atoms with Crippen LogP contribution in [0.2, 0.25) is 0 Å². The van der Waals surface area contributed by atoms with Gasteiger partial charge in [-0.2, -0.15) is 13.2 Å². The Labute approximate surface area is 142 Å².